The summed E-state index contributed by atoms with van der Waals surface area (Å²) in [6, 6.07) is 18.2. The van der Waals surface area contributed by atoms with Crippen LogP contribution in [-0.2, 0) is 5.75 Å². The number of rotatable bonds is 4. The Morgan fingerprint density at radius 2 is 1.86 bits per heavy atom. The number of nitrogens with one attached hydrogen (secondary N) is 1. The maximum Gasteiger partial charge on any atom is 0.0443 e. The highest BCUT2D eigenvalue weighted by atomic mass is 32.2. The van der Waals surface area contributed by atoms with Crippen LogP contribution in [-0.4, -0.2) is 11.8 Å². The van der Waals surface area contributed by atoms with Crippen molar-refractivity contribution in [2.24, 2.45) is 0 Å². The minimum atomic E-state index is 0.484. The van der Waals surface area contributed by atoms with Crippen LogP contribution in [0.2, 0.25) is 0 Å². The molecular weight excluding hydrogens is 274 g/mol. The normalized spacial score (nSPS) is 21.0. The van der Waals surface area contributed by atoms with Crippen molar-refractivity contribution in [3.8, 4) is 11.1 Å². The summed E-state index contributed by atoms with van der Waals surface area (Å²) in [5, 5.41) is 4.38. The third-order valence-electron chi connectivity index (χ3n) is 4.24. The molecule has 0 radical (unpaired) electrons. The Morgan fingerprint density at radius 3 is 2.57 bits per heavy atom. The summed E-state index contributed by atoms with van der Waals surface area (Å²) in [6.45, 7) is 5.53. The summed E-state index contributed by atoms with van der Waals surface area (Å²) in [4.78, 5) is 0. The summed E-state index contributed by atoms with van der Waals surface area (Å²) in [5.74, 6) is 1.14. The van der Waals surface area contributed by atoms with Gasteiger partial charge in [0.1, 0.15) is 0 Å². The topological polar surface area (TPSA) is 12.0 Å². The van der Waals surface area contributed by atoms with Crippen molar-refractivity contribution in [2.75, 3.05) is 6.54 Å². The number of hydrogen-bond acceptors (Lipinski definition) is 2. The zero-order chi connectivity index (χ0) is 14.7. The molecule has 1 nitrogen and oxygen atoms in total. The molecule has 0 aliphatic carbocycles. The molecule has 0 bridgehead atoms. The summed E-state index contributed by atoms with van der Waals surface area (Å²) in [6.07, 6.45) is 1.22. The van der Waals surface area contributed by atoms with E-state index in [1.165, 1.54) is 28.7 Å². The number of benzene rings is 2. The zero-order valence-corrected chi connectivity index (χ0v) is 13.6. The van der Waals surface area contributed by atoms with Gasteiger partial charge in [-0.2, -0.15) is 11.8 Å². The molecule has 2 aromatic rings. The molecule has 1 N–H and O–H groups in total. The van der Waals surface area contributed by atoms with Gasteiger partial charge in [-0.25, -0.2) is 0 Å². The van der Waals surface area contributed by atoms with Gasteiger partial charge in [0.15, 0.2) is 0 Å². The fraction of sp³-hybridized carbons (Fsp3) is 0.368. The van der Waals surface area contributed by atoms with E-state index in [-0.39, 0.29) is 0 Å². The van der Waals surface area contributed by atoms with Crippen LogP contribution in [0.1, 0.15) is 37.4 Å². The van der Waals surface area contributed by atoms with E-state index in [0.29, 0.717) is 11.3 Å². The van der Waals surface area contributed by atoms with Crippen molar-refractivity contribution < 1.29 is 0 Å². The second kappa shape index (κ2) is 6.67. The molecule has 2 aromatic carbocycles. The van der Waals surface area contributed by atoms with Crippen LogP contribution < -0.4 is 5.32 Å². The van der Waals surface area contributed by atoms with Gasteiger partial charge < -0.3 is 5.32 Å². The highest BCUT2D eigenvalue weighted by Crippen LogP contribution is 2.40. The molecule has 0 saturated heterocycles. The minimum absolute atomic E-state index is 0.484. The molecule has 21 heavy (non-hydrogen) atoms. The Kier molecular flexibility index (Phi) is 4.67. The minimum Gasteiger partial charge on any atom is -0.309 e. The Balaban J connectivity index is 2.01. The first-order chi connectivity index (χ1) is 10.3. The van der Waals surface area contributed by atoms with Crippen molar-refractivity contribution in [1.29, 1.82) is 0 Å². The zero-order valence-electron chi connectivity index (χ0n) is 12.8. The molecule has 1 aliphatic rings. The van der Waals surface area contributed by atoms with Crippen molar-refractivity contribution >= 4 is 11.8 Å². The van der Waals surface area contributed by atoms with Gasteiger partial charge in [0, 0.05) is 17.0 Å². The third kappa shape index (κ3) is 3.02. The van der Waals surface area contributed by atoms with Gasteiger partial charge in [0.25, 0.3) is 0 Å². The van der Waals surface area contributed by atoms with Crippen LogP contribution in [0.5, 0.6) is 0 Å². The lowest BCUT2D eigenvalue weighted by Gasteiger charge is -2.33. The second-order valence-corrected chi connectivity index (χ2v) is 6.80. The molecule has 0 saturated carbocycles. The Bertz CT molecular complexity index is 594. The van der Waals surface area contributed by atoms with Crippen molar-refractivity contribution in [2.45, 2.75) is 37.3 Å². The fourth-order valence-electron chi connectivity index (χ4n) is 3.13. The maximum atomic E-state index is 3.70. The largest absolute Gasteiger partial charge is 0.309 e. The molecule has 1 heterocycles. The van der Waals surface area contributed by atoms with Gasteiger partial charge in [-0.15, -0.1) is 0 Å². The molecule has 0 amide bonds. The first-order valence-corrected chi connectivity index (χ1v) is 8.91. The quantitative estimate of drug-likeness (QED) is 0.849. The first-order valence-electron chi connectivity index (χ1n) is 7.86. The molecule has 2 atom stereocenters. The second-order valence-electron chi connectivity index (χ2n) is 5.57. The smallest absolute Gasteiger partial charge is 0.0443 e. The van der Waals surface area contributed by atoms with E-state index in [0.717, 1.165) is 12.3 Å². The van der Waals surface area contributed by atoms with Gasteiger partial charge in [-0.05, 0) is 41.3 Å². The first kappa shape index (κ1) is 14.7. The summed E-state index contributed by atoms with van der Waals surface area (Å²) >= 11 is 2.09. The van der Waals surface area contributed by atoms with Crippen LogP contribution in [0.4, 0.5) is 0 Å². The molecule has 2 unspecified atom stereocenters. The van der Waals surface area contributed by atoms with Crippen LogP contribution in [0.15, 0.2) is 48.5 Å². The maximum absolute atomic E-state index is 3.70. The van der Waals surface area contributed by atoms with E-state index in [1.807, 2.05) is 0 Å². The average Bonchev–Trinajstić information content (AvgIpc) is 2.56. The van der Waals surface area contributed by atoms with E-state index < -0.39 is 0 Å². The van der Waals surface area contributed by atoms with Crippen LogP contribution in [0, 0.1) is 0 Å². The average molecular weight is 297 g/mol. The monoisotopic (exact) mass is 297 g/mol. The van der Waals surface area contributed by atoms with Gasteiger partial charge in [0.2, 0.25) is 0 Å². The highest BCUT2D eigenvalue weighted by molar-refractivity contribution is 7.99. The lowest BCUT2D eigenvalue weighted by molar-refractivity contribution is 0.514. The van der Waals surface area contributed by atoms with Crippen LogP contribution >= 0.6 is 11.8 Å². The molecule has 0 aromatic heterocycles. The molecule has 3 rings (SSSR count). The predicted molar refractivity (Wildman–Crippen MR) is 93.7 cm³/mol. The highest BCUT2D eigenvalue weighted by Gasteiger charge is 2.28. The van der Waals surface area contributed by atoms with E-state index in [2.05, 4.69) is 79.5 Å². The number of thioether (sulfide) groups is 1. The van der Waals surface area contributed by atoms with E-state index in [9.17, 15) is 0 Å². The van der Waals surface area contributed by atoms with Crippen molar-refractivity contribution in [1.82, 2.24) is 5.32 Å². The lowest BCUT2D eigenvalue weighted by atomic mass is 9.92. The third-order valence-corrected chi connectivity index (χ3v) is 5.75. The lowest BCUT2D eigenvalue weighted by Crippen LogP contribution is -2.33. The SMILES string of the molecule is CCNC1c2cc(-c3ccccc3)ccc2CSC1CC. The number of fused-ring (bicyclic) bond motifs is 1. The number of hydrogen-bond donors (Lipinski definition) is 1. The Hall–Kier alpha value is -1.25. The summed E-state index contributed by atoms with van der Waals surface area (Å²) < 4.78 is 0. The Labute approximate surface area is 132 Å². The molecule has 1 aliphatic heterocycles. The van der Waals surface area contributed by atoms with Crippen LogP contribution in [0.3, 0.4) is 0 Å². The summed E-state index contributed by atoms with van der Waals surface area (Å²) in [7, 11) is 0. The van der Waals surface area contributed by atoms with Gasteiger partial charge >= 0.3 is 0 Å². The van der Waals surface area contributed by atoms with Crippen molar-refractivity contribution in [3.05, 3.63) is 59.7 Å². The van der Waals surface area contributed by atoms with Gasteiger partial charge in [-0.3, -0.25) is 0 Å². The standard InChI is InChI=1S/C19H23NS/c1-3-18-19(20-4-2)17-12-15(10-11-16(17)13-21-18)14-8-6-5-7-9-14/h5-12,18-20H,3-4,13H2,1-2H3. The van der Waals surface area contributed by atoms with Gasteiger partial charge in [0.05, 0.1) is 0 Å². The Morgan fingerprint density at radius 1 is 1.05 bits per heavy atom. The van der Waals surface area contributed by atoms with Crippen LogP contribution in [0.25, 0.3) is 11.1 Å². The van der Waals surface area contributed by atoms with E-state index in [4.69, 9.17) is 0 Å². The molecule has 2 heteroatoms. The predicted octanol–water partition coefficient (Wildman–Crippen LogP) is 5.03. The van der Waals surface area contributed by atoms with Crippen molar-refractivity contribution in [3.63, 3.8) is 0 Å². The van der Waals surface area contributed by atoms with Gasteiger partial charge in [-0.1, -0.05) is 56.3 Å². The molecule has 0 spiro atoms. The summed E-state index contributed by atoms with van der Waals surface area (Å²) in [5.41, 5.74) is 5.64. The fourth-order valence-corrected chi connectivity index (χ4v) is 4.46. The molecule has 0 fully saturated rings. The molecular formula is C19H23NS. The molecule has 110 valence electrons. The van der Waals surface area contributed by atoms with E-state index >= 15 is 0 Å². The van der Waals surface area contributed by atoms with E-state index in [1.54, 1.807) is 0 Å².